The van der Waals surface area contributed by atoms with E-state index in [4.69, 9.17) is 0 Å². The molecule has 0 aromatic carbocycles. The van der Waals surface area contributed by atoms with Crippen molar-refractivity contribution in [2.45, 2.75) is 19.8 Å². The summed E-state index contributed by atoms with van der Waals surface area (Å²) in [6.45, 7) is 1.76. The largest absolute Gasteiger partial charge is 0.478 e. The van der Waals surface area contributed by atoms with Crippen molar-refractivity contribution in [1.82, 2.24) is 0 Å². The molecule has 0 bridgehead atoms. The highest BCUT2D eigenvalue weighted by Gasteiger charge is 2.49. The third-order valence-corrected chi connectivity index (χ3v) is 4.81. The molecule has 2 aliphatic rings. The predicted octanol–water partition coefficient (Wildman–Crippen LogP) is 2.21. The molecule has 1 aliphatic carbocycles. The average Bonchev–Trinajstić information content (AvgIpc) is 2.90. The van der Waals surface area contributed by atoms with E-state index in [1.807, 2.05) is 12.2 Å². The van der Waals surface area contributed by atoms with Crippen LogP contribution in [0.25, 0.3) is 0 Å². The van der Waals surface area contributed by atoms with Gasteiger partial charge in [-0.25, -0.2) is 9.69 Å². The van der Waals surface area contributed by atoms with Gasteiger partial charge in [0.05, 0.1) is 17.4 Å². The molecule has 0 saturated carbocycles. The number of fused-ring (bicyclic) bond motifs is 1. The van der Waals surface area contributed by atoms with Crippen LogP contribution in [-0.2, 0) is 9.59 Å². The Labute approximate surface area is 119 Å². The number of rotatable bonds is 2. The second-order valence-corrected chi connectivity index (χ2v) is 6.28. The lowest BCUT2D eigenvalue weighted by Gasteiger charge is -2.14. The third kappa shape index (κ3) is 1.79. The normalized spacial score (nSPS) is 25.1. The van der Waals surface area contributed by atoms with Gasteiger partial charge in [0, 0.05) is 4.88 Å². The van der Waals surface area contributed by atoms with E-state index >= 15 is 0 Å². The van der Waals surface area contributed by atoms with Crippen LogP contribution >= 0.6 is 11.3 Å². The van der Waals surface area contributed by atoms with Crippen molar-refractivity contribution in [1.29, 1.82) is 0 Å². The van der Waals surface area contributed by atoms with Crippen molar-refractivity contribution in [3.05, 3.63) is 28.7 Å². The molecule has 1 aliphatic heterocycles. The minimum atomic E-state index is -1.11. The van der Waals surface area contributed by atoms with Gasteiger partial charge in [-0.15, -0.1) is 11.3 Å². The number of imide groups is 1. The van der Waals surface area contributed by atoms with E-state index in [-0.39, 0.29) is 34.2 Å². The summed E-state index contributed by atoms with van der Waals surface area (Å²) >= 11 is 1.18. The molecule has 2 atom stereocenters. The van der Waals surface area contributed by atoms with Gasteiger partial charge in [0.25, 0.3) is 0 Å². The van der Waals surface area contributed by atoms with E-state index in [9.17, 15) is 19.5 Å². The Kier molecular flexibility index (Phi) is 2.97. The maximum Gasteiger partial charge on any atom is 0.338 e. The standard InChI is InChI=1S/C14H13NO4S/c1-7-6-10(14(18)19)13(20-7)15-11(16)8-4-2-3-5-9(8)12(15)17/h2-3,6,8-9H,4-5H2,1H3,(H,18,19). The van der Waals surface area contributed by atoms with Gasteiger partial charge in [0.2, 0.25) is 11.8 Å². The van der Waals surface area contributed by atoms with Crippen molar-refractivity contribution < 1.29 is 19.5 Å². The van der Waals surface area contributed by atoms with Gasteiger partial charge in [-0.3, -0.25) is 9.59 Å². The van der Waals surface area contributed by atoms with Gasteiger partial charge in [0.1, 0.15) is 5.00 Å². The zero-order chi connectivity index (χ0) is 14.4. The topological polar surface area (TPSA) is 74.7 Å². The number of carbonyl (C=O) groups excluding carboxylic acids is 2. The second kappa shape index (κ2) is 4.56. The molecule has 6 heteroatoms. The Morgan fingerprint density at radius 3 is 2.30 bits per heavy atom. The molecule has 2 amide bonds. The summed E-state index contributed by atoms with van der Waals surface area (Å²) in [4.78, 5) is 38.0. The van der Waals surface area contributed by atoms with Crippen LogP contribution in [0.3, 0.4) is 0 Å². The van der Waals surface area contributed by atoms with Crippen LogP contribution in [-0.4, -0.2) is 22.9 Å². The monoisotopic (exact) mass is 291 g/mol. The first kappa shape index (κ1) is 13.1. The summed E-state index contributed by atoms with van der Waals surface area (Å²) in [7, 11) is 0. The van der Waals surface area contributed by atoms with Gasteiger partial charge >= 0.3 is 5.97 Å². The van der Waals surface area contributed by atoms with Crippen molar-refractivity contribution >= 4 is 34.1 Å². The molecular weight excluding hydrogens is 278 g/mol. The van der Waals surface area contributed by atoms with Crippen molar-refractivity contribution in [2.75, 3.05) is 4.90 Å². The first-order chi connectivity index (χ1) is 9.50. The minimum Gasteiger partial charge on any atom is -0.478 e. The van der Waals surface area contributed by atoms with E-state index in [2.05, 4.69) is 0 Å². The number of hydrogen-bond acceptors (Lipinski definition) is 4. The number of aromatic carboxylic acids is 1. The minimum absolute atomic E-state index is 0.0285. The molecule has 2 heterocycles. The molecule has 1 aromatic heterocycles. The molecule has 1 aromatic rings. The van der Waals surface area contributed by atoms with Gasteiger partial charge in [-0.2, -0.15) is 0 Å². The van der Waals surface area contributed by atoms with Crippen LogP contribution < -0.4 is 4.90 Å². The summed E-state index contributed by atoms with van der Waals surface area (Å²) in [5, 5.41) is 9.46. The summed E-state index contributed by atoms with van der Waals surface area (Å²) in [6, 6.07) is 1.50. The molecule has 1 saturated heterocycles. The molecule has 104 valence electrons. The van der Waals surface area contributed by atoms with Crippen LogP contribution in [0.5, 0.6) is 0 Å². The maximum atomic E-state index is 12.4. The number of anilines is 1. The van der Waals surface area contributed by atoms with Gasteiger partial charge < -0.3 is 5.11 Å². The fourth-order valence-corrected chi connectivity index (χ4v) is 3.83. The quantitative estimate of drug-likeness (QED) is 0.669. The summed E-state index contributed by atoms with van der Waals surface area (Å²) in [5.41, 5.74) is 0.0285. The first-order valence-electron chi connectivity index (χ1n) is 6.37. The Bertz CT molecular complexity index is 620. The number of hydrogen-bond donors (Lipinski definition) is 1. The second-order valence-electron chi connectivity index (χ2n) is 5.05. The zero-order valence-electron chi connectivity index (χ0n) is 10.8. The lowest BCUT2D eigenvalue weighted by molar-refractivity contribution is -0.122. The molecule has 3 rings (SSSR count). The Morgan fingerprint density at radius 1 is 1.25 bits per heavy atom. The summed E-state index contributed by atoms with van der Waals surface area (Å²) < 4.78 is 0. The SMILES string of the molecule is Cc1cc(C(=O)O)c(N2C(=O)C3CC=CCC3C2=O)s1. The molecular formula is C14H13NO4S. The smallest absolute Gasteiger partial charge is 0.338 e. The lowest BCUT2D eigenvalue weighted by atomic mass is 9.85. The highest BCUT2D eigenvalue weighted by Crippen LogP contribution is 2.41. The number of thiophene rings is 1. The highest BCUT2D eigenvalue weighted by molar-refractivity contribution is 7.17. The fourth-order valence-electron chi connectivity index (χ4n) is 2.82. The molecule has 2 unspecified atom stereocenters. The average molecular weight is 291 g/mol. The van der Waals surface area contributed by atoms with Crippen LogP contribution in [0.15, 0.2) is 18.2 Å². The lowest BCUT2D eigenvalue weighted by Crippen LogP contribution is -2.31. The number of carboxylic acids is 1. The fraction of sp³-hybridized carbons (Fsp3) is 0.357. The van der Waals surface area contributed by atoms with Gasteiger partial charge in [-0.05, 0) is 25.8 Å². The van der Waals surface area contributed by atoms with Crippen molar-refractivity contribution in [2.24, 2.45) is 11.8 Å². The third-order valence-electron chi connectivity index (χ3n) is 3.78. The first-order valence-corrected chi connectivity index (χ1v) is 7.19. The van der Waals surface area contributed by atoms with Crippen molar-refractivity contribution in [3.8, 4) is 0 Å². The molecule has 20 heavy (non-hydrogen) atoms. The number of amides is 2. The molecule has 0 spiro atoms. The highest BCUT2D eigenvalue weighted by atomic mass is 32.1. The van der Waals surface area contributed by atoms with Crippen LogP contribution in [0.2, 0.25) is 0 Å². The predicted molar refractivity (Wildman–Crippen MR) is 73.9 cm³/mol. The summed E-state index contributed by atoms with van der Waals surface area (Å²) in [6.07, 6.45) is 4.93. The van der Waals surface area contributed by atoms with Crippen LogP contribution in [0.4, 0.5) is 5.00 Å². The molecule has 0 radical (unpaired) electrons. The van der Waals surface area contributed by atoms with Crippen LogP contribution in [0, 0.1) is 18.8 Å². The van der Waals surface area contributed by atoms with Gasteiger partial charge in [0.15, 0.2) is 0 Å². The van der Waals surface area contributed by atoms with E-state index < -0.39 is 5.97 Å². The maximum absolute atomic E-state index is 12.4. The summed E-state index contributed by atoms with van der Waals surface area (Å²) in [5.74, 6) is -2.33. The Hall–Kier alpha value is -1.95. The molecule has 1 fully saturated rings. The van der Waals surface area contributed by atoms with E-state index in [0.717, 1.165) is 9.78 Å². The Balaban J connectivity index is 2.05. The van der Waals surface area contributed by atoms with Crippen LogP contribution in [0.1, 0.15) is 28.1 Å². The number of allylic oxidation sites excluding steroid dienone is 2. The number of carbonyl (C=O) groups is 3. The van der Waals surface area contributed by atoms with E-state index in [0.29, 0.717) is 12.8 Å². The van der Waals surface area contributed by atoms with Crippen molar-refractivity contribution in [3.63, 3.8) is 0 Å². The molecule has 5 nitrogen and oxygen atoms in total. The zero-order valence-corrected chi connectivity index (χ0v) is 11.6. The number of nitrogens with zero attached hydrogens (tertiary/aromatic N) is 1. The number of aryl methyl sites for hydroxylation is 1. The molecule has 1 N–H and O–H groups in total. The van der Waals surface area contributed by atoms with Gasteiger partial charge in [-0.1, -0.05) is 12.2 Å². The van der Waals surface area contributed by atoms with E-state index in [1.54, 1.807) is 6.92 Å². The van der Waals surface area contributed by atoms with E-state index in [1.165, 1.54) is 17.4 Å². The Morgan fingerprint density at radius 2 is 1.80 bits per heavy atom. The number of carboxylic acid groups (broad SMARTS) is 1.